The number of rotatable bonds is 4. The van der Waals surface area contributed by atoms with Crippen molar-refractivity contribution in [3.05, 3.63) is 198 Å². The number of hydrogen-bond donors (Lipinski definition) is 2. The van der Waals surface area contributed by atoms with Gasteiger partial charge in [0.25, 0.3) is 0 Å². The standard InChI is InChI=1S/C33H29NO2.C18H12.C4H8.C2H6/c1-19-20(2)32(35)21(3)33(36)29(19)31-27-17-11-9-15-25(27)30(26-16-10-12-18-28(26)31)23(5)34-22(4)24-13-7-6-8-14-24;1-3-7-16-13(5-1)9-11-15-12-10-14-6-2-4-8-17(14)18(15)16;1-4(2)3;1-2/h6-18,35-36H,5H2,1-4H3;1-12H;1H2,2-3H3;1-2H3. The zero-order valence-electron chi connectivity index (χ0n) is 36.2. The highest BCUT2D eigenvalue weighted by Gasteiger charge is 2.23. The lowest BCUT2D eigenvalue weighted by atomic mass is 9.84. The van der Waals surface area contributed by atoms with Crippen LogP contribution in [0.4, 0.5) is 0 Å². The number of benzene rings is 9. The summed E-state index contributed by atoms with van der Waals surface area (Å²) in [5, 5.41) is 33.9. The molecule has 0 saturated heterocycles. The van der Waals surface area contributed by atoms with Crippen LogP contribution in [0.15, 0.2) is 175 Å². The van der Waals surface area contributed by atoms with Gasteiger partial charge in [-0.15, -0.1) is 6.58 Å². The van der Waals surface area contributed by atoms with Gasteiger partial charge in [0, 0.05) is 28.0 Å². The molecule has 0 unspecified atom stereocenters. The van der Waals surface area contributed by atoms with Crippen LogP contribution in [0.3, 0.4) is 0 Å². The molecule has 0 spiro atoms. The maximum absolute atomic E-state index is 11.3. The molecule has 60 heavy (non-hydrogen) atoms. The van der Waals surface area contributed by atoms with Crippen LogP contribution in [0.1, 0.15) is 62.4 Å². The number of fused-ring (bicyclic) bond motifs is 7. The summed E-state index contributed by atoms with van der Waals surface area (Å²) in [6, 6.07) is 52.5. The lowest BCUT2D eigenvalue weighted by molar-refractivity contribution is 0.441. The Morgan fingerprint density at radius 3 is 1.32 bits per heavy atom. The van der Waals surface area contributed by atoms with Crippen molar-refractivity contribution in [2.24, 2.45) is 4.99 Å². The molecule has 0 aliphatic rings. The van der Waals surface area contributed by atoms with E-state index in [-0.39, 0.29) is 11.5 Å². The summed E-state index contributed by atoms with van der Waals surface area (Å²) in [5.41, 5.74) is 8.59. The van der Waals surface area contributed by atoms with Gasteiger partial charge in [-0.1, -0.05) is 178 Å². The van der Waals surface area contributed by atoms with E-state index in [1.54, 1.807) is 6.92 Å². The number of aliphatic imine (C=N–C) groups is 1. The van der Waals surface area contributed by atoms with Crippen LogP contribution in [-0.2, 0) is 0 Å². The van der Waals surface area contributed by atoms with E-state index in [2.05, 4.69) is 110 Å². The van der Waals surface area contributed by atoms with Gasteiger partial charge in [-0.05, 0) is 112 Å². The maximum atomic E-state index is 11.3. The third-order valence-electron chi connectivity index (χ3n) is 10.8. The quantitative estimate of drug-likeness (QED) is 0.0808. The van der Waals surface area contributed by atoms with Gasteiger partial charge >= 0.3 is 0 Å². The van der Waals surface area contributed by atoms with Crippen molar-refractivity contribution >= 4 is 65.3 Å². The molecule has 9 aromatic rings. The molecule has 0 fully saturated rings. The third kappa shape index (κ3) is 8.44. The topological polar surface area (TPSA) is 52.8 Å². The molecule has 0 aliphatic heterocycles. The predicted molar refractivity (Wildman–Crippen MR) is 263 cm³/mol. The second-order valence-corrected chi connectivity index (χ2v) is 15.2. The molecule has 0 aliphatic carbocycles. The van der Waals surface area contributed by atoms with Crippen LogP contribution in [0.2, 0.25) is 0 Å². The maximum Gasteiger partial charge on any atom is 0.130 e. The van der Waals surface area contributed by atoms with Crippen LogP contribution in [0.5, 0.6) is 11.5 Å². The Balaban J connectivity index is 0.000000208. The minimum Gasteiger partial charge on any atom is -0.507 e. The van der Waals surface area contributed by atoms with Crippen molar-refractivity contribution in [2.45, 2.75) is 55.4 Å². The van der Waals surface area contributed by atoms with Crippen molar-refractivity contribution in [3.63, 3.8) is 0 Å². The van der Waals surface area contributed by atoms with Crippen molar-refractivity contribution in [1.82, 2.24) is 0 Å². The fraction of sp³-hybridized carbons (Fsp3) is 0.140. The molecule has 9 rings (SSSR count). The molecular weight excluding hydrogens is 731 g/mol. The van der Waals surface area contributed by atoms with Crippen LogP contribution < -0.4 is 0 Å². The van der Waals surface area contributed by atoms with Gasteiger partial charge in [0.05, 0.1) is 5.70 Å². The highest BCUT2D eigenvalue weighted by atomic mass is 16.3. The minimum atomic E-state index is 0.107. The van der Waals surface area contributed by atoms with E-state index in [1.165, 1.54) is 37.9 Å². The first-order valence-corrected chi connectivity index (χ1v) is 20.6. The summed E-state index contributed by atoms with van der Waals surface area (Å²) < 4.78 is 0. The summed E-state index contributed by atoms with van der Waals surface area (Å²) in [6.07, 6.45) is 0. The van der Waals surface area contributed by atoms with E-state index in [4.69, 9.17) is 4.99 Å². The molecule has 0 radical (unpaired) electrons. The van der Waals surface area contributed by atoms with E-state index in [1.807, 2.05) is 103 Å². The van der Waals surface area contributed by atoms with Gasteiger partial charge in [0.2, 0.25) is 0 Å². The van der Waals surface area contributed by atoms with Crippen LogP contribution in [0, 0.1) is 20.8 Å². The first-order valence-electron chi connectivity index (χ1n) is 20.6. The van der Waals surface area contributed by atoms with E-state index in [0.29, 0.717) is 11.3 Å². The zero-order valence-corrected chi connectivity index (χ0v) is 36.2. The molecule has 3 heteroatoms. The molecule has 3 nitrogen and oxygen atoms in total. The van der Waals surface area contributed by atoms with Crippen LogP contribution in [0.25, 0.3) is 70.7 Å². The molecule has 2 N–H and O–H groups in total. The number of nitrogens with zero attached hydrogens (tertiary/aromatic N) is 1. The van der Waals surface area contributed by atoms with Gasteiger partial charge in [-0.2, -0.15) is 0 Å². The monoisotopic (exact) mass is 785 g/mol. The first kappa shape index (κ1) is 42.6. The van der Waals surface area contributed by atoms with Gasteiger partial charge in [-0.3, -0.25) is 4.99 Å². The molecule has 0 atom stereocenters. The SMILES string of the molecule is C=C(C)C.C=C(N=C(C)c1ccccc1)c1c2ccccc2c(-c2c(C)c(C)c(O)c(C)c2O)c2ccccc12.CC.c1ccc2c(c1)ccc1ccc3ccccc3c12. The van der Waals surface area contributed by atoms with Crippen molar-refractivity contribution in [2.75, 3.05) is 0 Å². The van der Waals surface area contributed by atoms with Crippen LogP contribution >= 0.6 is 0 Å². The zero-order chi connectivity index (χ0) is 43.1. The second kappa shape index (κ2) is 18.7. The molecule has 0 amide bonds. The Morgan fingerprint density at radius 2 is 0.833 bits per heavy atom. The average molecular weight is 786 g/mol. The summed E-state index contributed by atoms with van der Waals surface area (Å²) in [5.74, 6) is 0.244. The largest absolute Gasteiger partial charge is 0.507 e. The smallest absolute Gasteiger partial charge is 0.130 e. The Hall–Kier alpha value is -6.97. The first-order chi connectivity index (χ1) is 29.0. The van der Waals surface area contributed by atoms with E-state index >= 15 is 0 Å². The highest BCUT2D eigenvalue weighted by Crippen LogP contribution is 2.49. The highest BCUT2D eigenvalue weighted by molar-refractivity contribution is 6.21. The van der Waals surface area contributed by atoms with Gasteiger partial charge in [0.1, 0.15) is 11.5 Å². The van der Waals surface area contributed by atoms with E-state index in [9.17, 15) is 10.2 Å². The minimum absolute atomic E-state index is 0.107. The Kier molecular flexibility index (Phi) is 13.3. The average Bonchev–Trinajstić information content (AvgIpc) is 3.28. The molecule has 0 saturated carbocycles. The fourth-order valence-electron chi connectivity index (χ4n) is 7.92. The molecule has 300 valence electrons. The second-order valence-electron chi connectivity index (χ2n) is 15.2. The number of phenols is 2. The van der Waals surface area contributed by atoms with Crippen molar-refractivity contribution in [3.8, 4) is 22.6 Å². The molecular formula is C57H55NO2. The van der Waals surface area contributed by atoms with Crippen molar-refractivity contribution in [1.29, 1.82) is 0 Å². The summed E-state index contributed by atoms with van der Waals surface area (Å²) in [7, 11) is 0. The van der Waals surface area contributed by atoms with E-state index in [0.717, 1.165) is 60.6 Å². The summed E-state index contributed by atoms with van der Waals surface area (Å²) >= 11 is 0. The lowest BCUT2D eigenvalue weighted by Crippen LogP contribution is -1.98. The summed E-state index contributed by atoms with van der Waals surface area (Å²) in [6.45, 7) is 23.5. The lowest BCUT2D eigenvalue weighted by Gasteiger charge is -2.21. The Bertz CT molecular complexity index is 2900. The van der Waals surface area contributed by atoms with Gasteiger partial charge in [0.15, 0.2) is 0 Å². The molecule has 0 bridgehead atoms. The number of hydrogen-bond acceptors (Lipinski definition) is 3. The number of phenolic OH excluding ortho intramolecular Hbond substituents is 2. The van der Waals surface area contributed by atoms with E-state index < -0.39 is 0 Å². The van der Waals surface area contributed by atoms with Gasteiger partial charge in [-0.25, -0.2) is 0 Å². The normalized spacial score (nSPS) is 11.0. The number of allylic oxidation sites excluding steroid dienone is 1. The van der Waals surface area contributed by atoms with Gasteiger partial charge < -0.3 is 10.2 Å². The number of aromatic hydroxyl groups is 2. The Labute approximate surface area is 355 Å². The predicted octanol–water partition coefficient (Wildman–Crippen LogP) is 16.2. The summed E-state index contributed by atoms with van der Waals surface area (Å²) in [4.78, 5) is 4.93. The Morgan fingerprint density at radius 1 is 0.433 bits per heavy atom. The van der Waals surface area contributed by atoms with Crippen LogP contribution in [-0.4, -0.2) is 15.9 Å². The fourth-order valence-corrected chi connectivity index (χ4v) is 7.92. The molecule has 0 heterocycles. The molecule has 0 aromatic heterocycles. The third-order valence-corrected chi connectivity index (χ3v) is 10.8. The molecule has 9 aromatic carbocycles. The van der Waals surface area contributed by atoms with Crippen molar-refractivity contribution < 1.29 is 10.2 Å².